The number of carboxylic acid groups (broad SMARTS) is 1. The molecule has 0 bridgehead atoms. The molecular weight excluding hydrogens is 239 g/mol. The van der Waals surface area contributed by atoms with Gasteiger partial charge in [0.15, 0.2) is 0 Å². The first-order valence-corrected chi connectivity index (χ1v) is 5.49. The Morgan fingerprint density at radius 3 is 2.56 bits per heavy atom. The molecule has 2 rings (SSSR count). The quantitative estimate of drug-likeness (QED) is 0.663. The van der Waals surface area contributed by atoms with Crippen molar-refractivity contribution in [2.24, 2.45) is 0 Å². The number of hydrogen-bond donors (Lipinski definition) is 1. The summed E-state index contributed by atoms with van der Waals surface area (Å²) >= 11 is 0. The fraction of sp³-hybridized carbons (Fsp3) is 0.214. The second-order valence-corrected chi connectivity index (χ2v) is 4.12. The minimum absolute atomic E-state index is 0. The SMILES string of the molecule is CC(CO)c1c(C(=O)[O-])ccc2ccccc12.[Na+]. The largest absolute Gasteiger partial charge is 1.00 e. The molecule has 0 saturated carbocycles. The Balaban J connectivity index is 0.00000162. The maximum atomic E-state index is 11.1. The number of aliphatic hydroxyl groups is 1. The van der Waals surface area contributed by atoms with Crippen LogP contribution >= 0.6 is 0 Å². The summed E-state index contributed by atoms with van der Waals surface area (Å²) in [6.07, 6.45) is 0. The molecule has 0 radical (unpaired) electrons. The molecule has 3 nitrogen and oxygen atoms in total. The Labute approximate surface area is 128 Å². The number of carbonyl (C=O) groups excluding carboxylic acids is 1. The molecular formula is C14H13NaO3. The van der Waals surface area contributed by atoms with Crippen LogP contribution in [-0.4, -0.2) is 17.7 Å². The third kappa shape index (κ3) is 2.75. The van der Waals surface area contributed by atoms with E-state index in [4.69, 9.17) is 0 Å². The summed E-state index contributed by atoms with van der Waals surface area (Å²) in [5.41, 5.74) is 0.802. The van der Waals surface area contributed by atoms with Crippen LogP contribution in [-0.2, 0) is 0 Å². The molecule has 18 heavy (non-hydrogen) atoms. The molecule has 0 amide bonds. The Morgan fingerprint density at radius 2 is 1.94 bits per heavy atom. The van der Waals surface area contributed by atoms with Crippen molar-refractivity contribution in [1.29, 1.82) is 0 Å². The van der Waals surface area contributed by atoms with Gasteiger partial charge in [-0.25, -0.2) is 0 Å². The summed E-state index contributed by atoms with van der Waals surface area (Å²) in [7, 11) is 0. The molecule has 1 atom stereocenters. The minimum atomic E-state index is -1.20. The standard InChI is InChI=1S/C14H14O3.Na/c1-9(8-15)13-11-5-3-2-4-10(11)6-7-12(13)14(16)17;/h2-7,9,15H,8H2,1H3,(H,16,17);/q;+1/p-1. The maximum absolute atomic E-state index is 11.1. The van der Waals surface area contributed by atoms with Crippen LogP contribution < -0.4 is 34.7 Å². The van der Waals surface area contributed by atoms with Crippen LogP contribution in [0.5, 0.6) is 0 Å². The second-order valence-electron chi connectivity index (χ2n) is 4.12. The van der Waals surface area contributed by atoms with Gasteiger partial charge in [-0.05, 0) is 16.3 Å². The molecule has 0 aliphatic carbocycles. The molecule has 0 saturated heterocycles. The van der Waals surface area contributed by atoms with E-state index in [0.29, 0.717) is 5.56 Å². The van der Waals surface area contributed by atoms with Crippen LogP contribution in [0.1, 0.15) is 28.8 Å². The topological polar surface area (TPSA) is 60.4 Å². The van der Waals surface area contributed by atoms with Gasteiger partial charge in [-0.15, -0.1) is 0 Å². The van der Waals surface area contributed by atoms with E-state index in [1.807, 2.05) is 24.3 Å². The summed E-state index contributed by atoms with van der Waals surface area (Å²) in [6, 6.07) is 10.8. The molecule has 4 heteroatoms. The zero-order chi connectivity index (χ0) is 12.4. The van der Waals surface area contributed by atoms with E-state index >= 15 is 0 Å². The van der Waals surface area contributed by atoms with E-state index in [9.17, 15) is 15.0 Å². The van der Waals surface area contributed by atoms with Gasteiger partial charge in [0, 0.05) is 18.1 Å². The van der Waals surface area contributed by atoms with Crippen LogP contribution in [0.3, 0.4) is 0 Å². The first kappa shape index (κ1) is 15.2. The first-order valence-electron chi connectivity index (χ1n) is 5.49. The second kappa shape index (κ2) is 6.34. The van der Waals surface area contributed by atoms with Crippen LogP contribution in [0.4, 0.5) is 0 Å². The Bertz CT molecular complexity index is 566. The number of fused-ring (bicyclic) bond motifs is 1. The minimum Gasteiger partial charge on any atom is -0.545 e. The van der Waals surface area contributed by atoms with Crippen LogP contribution in [0, 0.1) is 0 Å². The van der Waals surface area contributed by atoms with Gasteiger partial charge in [0.05, 0.1) is 5.97 Å². The summed E-state index contributed by atoms with van der Waals surface area (Å²) in [5.74, 6) is -1.43. The molecule has 0 spiro atoms. The van der Waals surface area contributed by atoms with Crippen molar-refractivity contribution in [3.63, 3.8) is 0 Å². The van der Waals surface area contributed by atoms with E-state index in [-0.39, 0.29) is 47.6 Å². The number of benzene rings is 2. The van der Waals surface area contributed by atoms with Gasteiger partial charge >= 0.3 is 29.6 Å². The van der Waals surface area contributed by atoms with Gasteiger partial charge in [-0.1, -0.05) is 43.3 Å². The number of carboxylic acids is 1. The molecule has 0 aliphatic heterocycles. The number of aliphatic hydroxyl groups excluding tert-OH is 1. The average Bonchev–Trinajstić information content (AvgIpc) is 2.36. The normalized spacial score (nSPS) is 11.9. The fourth-order valence-corrected chi connectivity index (χ4v) is 2.10. The van der Waals surface area contributed by atoms with Crippen molar-refractivity contribution >= 4 is 16.7 Å². The molecule has 0 fully saturated rings. The van der Waals surface area contributed by atoms with Crippen LogP contribution in [0.15, 0.2) is 36.4 Å². The van der Waals surface area contributed by atoms with Crippen molar-refractivity contribution in [3.8, 4) is 0 Å². The predicted octanol–water partition coefficient (Wildman–Crippen LogP) is -1.70. The third-order valence-electron chi connectivity index (χ3n) is 2.96. The molecule has 88 valence electrons. The number of carbonyl (C=O) groups is 1. The molecule has 1 unspecified atom stereocenters. The summed E-state index contributed by atoms with van der Waals surface area (Å²) in [5, 5.41) is 22.2. The monoisotopic (exact) mass is 252 g/mol. The molecule has 2 aromatic rings. The molecule has 2 aromatic carbocycles. The Hall–Kier alpha value is -0.870. The van der Waals surface area contributed by atoms with Crippen LogP contribution in [0.25, 0.3) is 10.8 Å². The smallest absolute Gasteiger partial charge is 0.545 e. The Morgan fingerprint density at radius 1 is 1.28 bits per heavy atom. The van der Waals surface area contributed by atoms with Gasteiger partial charge in [0.2, 0.25) is 0 Å². The van der Waals surface area contributed by atoms with E-state index in [0.717, 1.165) is 10.8 Å². The van der Waals surface area contributed by atoms with Crippen molar-refractivity contribution in [2.45, 2.75) is 12.8 Å². The van der Waals surface area contributed by atoms with Gasteiger partial charge in [-0.3, -0.25) is 0 Å². The number of hydrogen-bond acceptors (Lipinski definition) is 3. The first-order chi connectivity index (χ1) is 8.15. The van der Waals surface area contributed by atoms with Gasteiger partial charge in [0.25, 0.3) is 0 Å². The fourth-order valence-electron chi connectivity index (χ4n) is 2.10. The zero-order valence-electron chi connectivity index (χ0n) is 10.5. The Kier molecular flexibility index (Phi) is 5.35. The van der Waals surface area contributed by atoms with E-state index < -0.39 is 5.97 Å². The van der Waals surface area contributed by atoms with Crippen molar-refractivity contribution in [1.82, 2.24) is 0 Å². The summed E-state index contributed by atoms with van der Waals surface area (Å²) in [6.45, 7) is 1.71. The van der Waals surface area contributed by atoms with Crippen molar-refractivity contribution < 1.29 is 44.6 Å². The van der Waals surface area contributed by atoms with E-state index in [2.05, 4.69) is 0 Å². The number of aromatic carboxylic acids is 1. The average molecular weight is 252 g/mol. The van der Waals surface area contributed by atoms with Crippen LogP contribution in [0.2, 0.25) is 0 Å². The predicted molar refractivity (Wildman–Crippen MR) is 63.8 cm³/mol. The molecule has 0 aromatic heterocycles. The van der Waals surface area contributed by atoms with E-state index in [1.165, 1.54) is 0 Å². The maximum Gasteiger partial charge on any atom is 1.00 e. The summed E-state index contributed by atoms with van der Waals surface area (Å²) in [4.78, 5) is 11.1. The summed E-state index contributed by atoms with van der Waals surface area (Å²) < 4.78 is 0. The van der Waals surface area contributed by atoms with Crippen molar-refractivity contribution in [3.05, 3.63) is 47.5 Å². The molecule has 0 aliphatic rings. The van der Waals surface area contributed by atoms with Gasteiger partial charge < -0.3 is 15.0 Å². The van der Waals surface area contributed by atoms with Crippen molar-refractivity contribution in [2.75, 3.05) is 6.61 Å². The molecule has 1 N–H and O–H groups in total. The molecule has 0 heterocycles. The zero-order valence-corrected chi connectivity index (χ0v) is 12.5. The third-order valence-corrected chi connectivity index (χ3v) is 2.96. The van der Waals surface area contributed by atoms with Gasteiger partial charge in [-0.2, -0.15) is 0 Å². The van der Waals surface area contributed by atoms with Gasteiger partial charge in [0.1, 0.15) is 0 Å². The number of rotatable bonds is 3. The van der Waals surface area contributed by atoms with E-state index in [1.54, 1.807) is 19.1 Å².